The van der Waals surface area contributed by atoms with Gasteiger partial charge in [0, 0.05) is 24.4 Å². The quantitative estimate of drug-likeness (QED) is 0.506. The van der Waals surface area contributed by atoms with Gasteiger partial charge in [-0.25, -0.2) is 4.98 Å². The van der Waals surface area contributed by atoms with Crippen LogP contribution in [-0.2, 0) is 9.53 Å². The Morgan fingerprint density at radius 2 is 2.33 bits per heavy atom. The van der Waals surface area contributed by atoms with Gasteiger partial charge in [-0.15, -0.1) is 11.3 Å². The number of thiazole rings is 1. The predicted molar refractivity (Wildman–Crippen MR) is 83.7 cm³/mol. The summed E-state index contributed by atoms with van der Waals surface area (Å²) in [5.41, 5.74) is 0.507. The average molecular weight is 327 g/mol. The number of hydrogen-bond acceptors (Lipinski definition) is 6. The molecule has 0 spiro atoms. The summed E-state index contributed by atoms with van der Waals surface area (Å²) in [6.07, 6.45) is 2.65. The molecule has 0 radical (unpaired) electrons. The Morgan fingerprint density at radius 1 is 1.62 bits per heavy atom. The van der Waals surface area contributed by atoms with Crippen LogP contribution < -0.4 is 5.32 Å². The van der Waals surface area contributed by atoms with Crippen molar-refractivity contribution < 1.29 is 14.3 Å². The third-order valence-corrected chi connectivity index (χ3v) is 4.83. The maximum Gasteiger partial charge on any atom is 0.325 e. The third kappa shape index (κ3) is 4.21. The summed E-state index contributed by atoms with van der Waals surface area (Å²) in [6, 6.07) is 0. The Morgan fingerprint density at radius 3 is 2.90 bits per heavy atom. The Kier molecular flexibility index (Phi) is 5.63. The van der Waals surface area contributed by atoms with Gasteiger partial charge in [-0.05, 0) is 25.1 Å². The number of aromatic nitrogens is 1. The van der Waals surface area contributed by atoms with Crippen molar-refractivity contribution in [2.45, 2.75) is 18.8 Å². The Labute approximate surface area is 132 Å². The molecule has 21 heavy (non-hydrogen) atoms. The lowest BCUT2D eigenvalue weighted by atomic mass is 9.98. The highest BCUT2D eigenvalue weighted by molar-refractivity contribution is 7.80. The van der Waals surface area contributed by atoms with E-state index in [1.807, 2.05) is 4.90 Å². The standard InChI is InChI=1S/C13H17N3O3S2/c1-19-11(18)6-14-13(20)16-4-2-9(3-5-16)12-15-10(7-17)8-21-12/h7-9H,2-6H2,1H3,(H,14,20). The Hall–Kier alpha value is -1.54. The normalized spacial score (nSPS) is 15.6. The van der Waals surface area contributed by atoms with Gasteiger partial charge in [0.2, 0.25) is 0 Å². The molecule has 1 N–H and O–H groups in total. The molecule has 2 rings (SSSR count). The lowest BCUT2D eigenvalue weighted by Gasteiger charge is -2.32. The van der Waals surface area contributed by atoms with Crippen LogP contribution in [0.25, 0.3) is 0 Å². The van der Waals surface area contributed by atoms with Gasteiger partial charge in [0.05, 0.1) is 12.1 Å². The number of piperidine rings is 1. The summed E-state index contributed by atoms with van der Waals surface area (Å²) >= 11 is 6.80. The van der Waals surface area contributed by atoms with Crippen LogP contribution in [0.2, 0.25) is 0 Å². The molecule has 1 fully saturated rings. The SMILES string of the molecule is COC(=O)CNC(=S)N1CCC(c2nc(C=O)cs2)CC1. The molecule has 0 bridgehead atoms. The fraction of sp³-hybridized carbons (Fsp3) is 0.538. The maximum atomic E-state index is 11.1. The number of nitrogens with one attached hydrogen (secondary N) is 1. The lowest BCUT2D eigenvalue weighted by Crippen LogP contribution is -2.45. The Bertz CT molecular complexity index is 524. The topological polar surface area (TPSA) is 71.5 Å². The highest BCUT2D eigenvalue weighted by Gasteiger charge is 2.24. The van der Waals surface area contributed by atoms with Crippen LogP contribution in [-0.4, -0.2) is 54.0 Å². The van der Waals surface area contributed by atoms with Crippen LogP contribution in [0.5, 0.6) is 0 Å². The molecule has 1 aromatic rings. The fourth-order valence-electron chi connectivity index (χ4n) is 2.20. The number of likely N-dealkylation sites (tertiary alicyclic amines) is 1. The van der Waals surface area contributed by atoms with Crippen molar-refractivity contribution in [3.63, 3.8) is 0 Å². The molecule has 0 saturated carbocycles. The van der Waals surface area contributed by atoms with Crippen molar-refractivity contribution in [2.24, 2.45) is 0 Å². The fourth-order valence-corrected chi connectivity index (χ4v) is 3.39. The minimum absolute atomic E-state index is 0.0877. The molecule has 2 heterocycles. The molecule has 1 aromatic heterocycles. The number of esters is 1. The van der Waals surface area contributed by atoms with Crippen LogP contribution in [0.15, 0.2) is 5.38 Å². The van der Waals surface area contributed by atoms with Gasteiger partial charge in [-0.1, -0.05) is 0 Å². The smallest absolute Gasteiger partial charge is 0.325 e. The zero-order valence-electron chi connectivity index (χ0n) is 11.7. The average Bonchev–Trinajstić information content (AvgIpc) is 3.01. The second kappa shape index (κ2) is 7.46. The molecule has 0 unspecified atom stereocenters. The van der Waals surface area contributed by atoms with Crippen LogP contribution >= 0.6 is 23.6 Å². The van der Waals surface area contributed by atoms with Crippen LogP contribution in [0, 0.1) is 0 Å². The van der Waals surface area contributed by atoms with Crippen LogP contribution in [0.1, 0.15) is 34.3 Å². The molecular formula is C13H17N3O3S2. The molecule has 0 aliphatic carbocycles. The maximum absolute atomic E-state index is 11.1. The van der Waals surface area contributed by atoms with Gasteiger partial charge in [0.1, 0.15) is 12.2 Å². The minimum Gasteiger partial charge on any atom is -0.468 e. The third-order valence-electron chi connectivity index (χ3n) is 3.40. The van der Waals surface area contributed by atoms with E-state index < -0.39 is 0 Å². The first-order chi connectivity index (χ1) is 10.1. The van der Waals surface area contributed by atoms with Gasteiger partial charge in [-0.2, -0.15) is 0 Å². The molecule has 114 valence electrons. The van der Waals surface area contributed by atoms with Gasteiger partial charge in [0.15, 0.2) is 11.4 Å². The van der Waals surface area contributed by atoms with Crippen molar-refractivity contribution >= 4 is 40.9 Å². The summed E-state index contributed by atoms with van der Waals surface area (Å²) in [4.78, 5) is 28.1. The van der Waals surface area contributed by atoms with Crippen molar-refractivity contribution in [2.75, 3.05) is 26.7 Å². The van der Waals surface area contributed by atoms with E-state index in [0.717, 1.165) is 37.2 Å². The summed E-state index contributed by atoms with van der Waals surface area (Å²) in [7, 11) is 1.35. The summed E-state index contributed by atoms with van der Waals surface area (Å²) < 4.78 is 4.56. The van der Waals surface area contributed by atoms with Crippen molar-refractivity contribution in [1.82, 2.24) is 15.2 Å². The first-order valence-corrected chi connectivity index (χ1v) is 7.93. The number of nitrogens with zero attached hydrogens (tertiary/aromatic N) is 2. The molecule has 1 aliphatic rings. The second-order valence-corrected chi connectivity index (χ2v) is 6.00. The number of methoxy groups -OCH3 is 1. The zero-order chi connectivity index (χ0) is 15.2. The number of carbonyl (C=O) groups excluding carboxylic acids is 2. The molecular weight excluding hydrogens is 310 g/mol. The molecule has 0 aromatic carbocycles. The molecule has 1 saturated heterocycles. The molecule has 6 nitrogen and oxygen atoms in total. The van der Waals surface area contributed by atoms with E-state index in [1.165, 1.54) is 18.4 Å². The van der Waals surface area contributed by atoms with Crippen molar-refractivity contribution in [3.05, 3.63) is 16.1 Å². The molecule has 0 amide bonds. The second-order valence-electron chi connectivity index (χ2n) is 4.72. The number of aldehydes is 1. The van der Waals surface area contributed by atoms with Gasteiger partial charge in [-0.3, -0.25) is 9.59 Å². The molecule has 0 atom stereocenters. The van der Waals surface area contributed by atoms with Gasteiger partial charge < -0.3 is 15.0 Å². The number of thiocarbonyl (C=S) groups is 1. The largest absolute Gasteiger partial charge is 0.468 e. The Balaban J connectivity index is 1.81. The first kappa shape index (κ1) is 15.8. The molecule has 8 heteroatoms. The van der Waals surface area contributed by atoms with E-state index in [9.17, 15) is 9.59 Å². The van der Waals surface area contributed by atoms with Crippen LogP contribution in [0.4, 0.5) is 0 Å². The first-order valence-electron chi connectivity index (χ1n) is 6.64. The van der Waals surface area contributed by atoms with E-state index >= 15 is 0 Å². The number of hydrogen-bond donors (Lipinski definition) is 1. The number of ether oxygens (including phenoxy) is 1. The van der Waals surface area contributed by atoms with E-state index in [1.54, 1.807) is 5.38 Å². The van der Waals surface area contributed by atoms with Gasteiger partial charge >= 0.3 is 5.97 Å². The minimum atomic E-state index is -0.337. The highest BCUT2D eigenvalue weighted by atomic mass is 32.1. The van der Waals surface area contributed by atoms with Crippen LogP contribution in [0.3, 0.4) is 0 Å². The van der Waals surface area contributed by atoms with Crippen molar-refractivity contribution in [1.29, 1.82) is 0 Å². The van der Waals surface area contributed by atoms with E-state index in [4.69, 9.17) is 12.2 Å². The summed E-state index contributed by atoms with van der Waals surface area (Å²) in [5.74, 6) is 0.0415. The predicted octanol–water partition coefficient (Wildman–Crippen LogP) is 1.18. The monoisotopic (exact) mass is 327 g/mol. The summed E-state index contributed by atoms with van der Waals surface area (Å²) in [5, 5.41) is 6.28. The van der Waals surface area contributed by atoms with Crippen molar-refractivity contribution in [3.8, 4) is 0 Å². The van der Waals surface area contributed by atoms with E-state index in [2.05, 4.69) is 15.0 Å². The zero-order valence-corrected chi connectivity index (χ0v) is 13.3. The number of rotatable bonds is 4. The lowest BCUT2D eigenvalue weighted by molar-refractivity contribution is -0.139. The highest BCUT2D eigenvalue weighted by Crippen LogP contribution is 2.30. The van der Waals surface area contributed by atoms with E-state index in [0.29, 0.717) is 16.7 Å². The number of carbonyl (C=O) groups is 2. The summed E-state index contributed by atoms with van der Waals surface area (Å²) in [6.45, 7) is 1.71. The van der Waals surface area contributed by atoms with Gasteiger partial charge in [0.25, 0.3) is 0 Å². The van der Waals surface area contributed by atoms with E-state index in [-0.39, 0.29) is 12.5 Å². The molecule has 1 aliphatic heterocycles.